The van der Waals surface area contributed by atoms with Gasteiger partial charge in [-0.05, 0) is 41.8 Å². The van der Waals surface area contributed by atoms with Crippen molar-refractivity contribution < 1.29 is 4.74 Å². The minimum Gasteiger partial charge on any atom is -0.350 e. The smallest absolute Gasteiger partial charge is 0.177 e. The zero-order chi connectivity index (χ0) is 17.9. The predicted octanol–water partition coefficient (Wildman–Crippen LogP) is 4.08. The Hall–Kier alpha value is -2.37. The fraction of sp³-hybridized carbons (Fsp3) is 0.300. The summed E-state index contributed by atoms with van der Waals surface area (Å²) < 4.78 is 7.77. The molecule has 0 saturated carbocycles. The third-order valence-electron chi connectivity index (χ3n) is 4.63. The maximum atomic E-state index is 5.94. The van der Waals surface area contributed by atoms with Crippen LogP contribution in [0.3, 0.4) is 0 Å². The number of nitrogens with zero attached hydrogens (tertiary/aromatic N) is 4. The largest absolute Gasteiger partial charge is 0.350 e. The van der Waals surface area contributed by atoms with E-state index in [1.807, 2.05) is 35.1 Å². The van der Waals surface area contributed by atoms with Gasteiger partial charge in [-0.25, -0.2) is 4.68 Å². The molecular weight excluding hydrogens is 348 g/mol. The number of aryl methyl sites for hydroxylation is 1. The highest BCUT2D eigenvalue weighted by atomic mass is 35.5. The summed E-state index contributed by atoms with van der Waals surface area (Å²) in [4.78, 5) is 2.23. The summed E-state index contributed by atoms with van der Waals surface area (Å²) in [7, 11) is 0. The first-order valence-corrected chi connectivity index (χ1v) is 9.22. The molecule has 0 bridgehead atoms. The van der Waals surface area contributed by atoms with Gasteiger partial charge in [0.1, 0.15) is 5.69 Å². The quantitative estimate of drug-likeness (QED) is 0.680. The molecule has 0 spiro atoms. The number of ether oxygens (including phenoxy) is 1. The molecule has 1 saturated heterocycles. The van der Waals surface area contributed by atoms with Crippen LogP contribution in [0, 0.1) is 0 Å². The van der Waals surface area contributed by atoms with E-state index in [-0.39, 0.29) is 6.23 Å². The Morgan fingerprint density at radius 3 is 2.54 bits per heavy atom. The molecule has 0 amide bonds. The zero-order valence-corrected chi connectivity index (χ0v) is 15.4. The van der Waals surface area contributed by atoms with Crippen molar-refractivity contribution in [2.75, 3.05) is 18.1 Å². The Balaban J connectivity index is 1.51. The lowest BCUT2D eigenvalue weighted by Gasteiger charge is -2.23. The number of rotatable bonds is 5. The van der Waals surface area contributed by atoms with E-state index < -0.39 is 0 Å². The Morgan fingerprint density at radius 2 is 1.81 bits per heavy atom. The normalized spacial score (nSPS) is 17.0. The molecule has 1 unspecified atom stereocenters. The second-order valence-corrected chi connectivity index (χ2v) is 6.84. The molecule has 3 aromatic rings. The van der Waals surface area contributed by atoms with E-state index in [2.05, 4.69) is 46.4 Å². The fourth-order valence-electron chi connectivity index (χ4n) is 3.18. The second-order valence-electron chi connectivity index (χ2n) is 6.40. The molecule has 0 aliphatic carbocycles. The van der Waals surface area contributed by atoms with Crippen LogP contribution in [0.25, 0.3) is 0 Å². The van der Waals surface area contributed by atoms with Crippen molar-refractivity contribution in [3.05, 3.63) is 76.6 Å². The molecule has 5 nitrogen and oxygen atoms in total. The van der Waals surface area contributed by atoms with Gasteiger partial charge in [0.05, 0.1) is 19.3 Å². The van der Waals surface area contributed by atoms with Gasteiger partial charge < -0.3 is 9.64 Å². The van der Waals surface area contributed by atoms with Gasteiger partial charge in [-0.15, -0.1) is 5.10 Å². The van der Waals surface area contributed by atoms with Crippen LogP contribution < -0.4 is 4.90 Å². The SMILES string of the molecule is CCc1ccc(N2CCOC2c2cn(Cc3ccc(Cl)cc3)nn2)cc1. The molecule has 4 rings (SSSR count). The van der Waals surface area contributed by atoms with Crippen molar-refractivity contribution in [2.45, 2.75) is 26.1 Å². The molecule has 0 N–H and O–H groups in total. The van der Waals surface area contributed by atoms with Crippen molar-refractivity contribution >= 4 is 17.3 Å². The Labute approximate surface area is 158 Å². The average molecular weight is 369 g/mol. The first kappa shape index (κ1) is 17.1. The van der Waals surface area contributed by atoms with Crippen LogP contribution in [0.15, 0.2) is 54.7 Å². The van der Waals surface area contributed by atoms with E-state index >= 15 is 0 Å². The van der Waals surface area contributed by atoms with Crippen LogP contribution in [0.5, 0.6) is 0 Å². The third-order valence-corrected chi connectivity index (χ3v) is 4.89. The van der Waals surface area contributed by atoms with Crippen molar-refractivity contribution in [1.29, 1.82) is 0 Å². The fourth-order valence-corrected chi connectivity index (χ4v) is 3.31. The summed E-state index contributed by atoms with van der Waals surface area (Å²) in [6.07, 6.45) is 2.80. The molecule has 2 aromatic carbocycles. The Kier molecular flexibility index (Phi) is 4.91. The number of halogens is 1. The van der Waals surface area contributed by atoms with Crippen LogP contribution in [-0.2, 0) is 17.7 Å². The van der Waals surface area contributed by atoms with E-state index in [0.29, 0.717) is 13.2 Å². The summed E-state index contributed by atoms with van der Waals surface area (Å²) in [5, 5.41) is 9.34. The number of aromatic nitrogens is 3. The zero-order valence-electron chi connectivity index (χ0n) is 14.7. The van der Waals surface area contributed by atoms with E-state index in [1.165, 1.54) is 5.56 Å². The summed E-state index contributed by atoms with van der Waals surface area (Å²) in [5.41, 5.74) is 4.44. The second kappa shape index (κ2) is 7.48. The summed E-state index contributed by atoms with van der Waals surface area (Å²) in [6.45, 7) is 4.35. The van der Waals surface area contributed by atoms with E-state index in [9.17, 15) is 0 Å². The molecule has 0 radical (unpaired) electrons. The summed E-state index contributed by atoms with van der Waals surface area (Å²) >= 11 is 5.94. The molecule has 1 atom stereocenters. The molecule has 1 aromatic heterocycles. The maximum absolute atomic E-state index is 5.94. The molecule has 134 valence electrons. The third kappa shape index (κ3) is 3.59. The molecular formula is C20H21ClN4O. The van der Waals surface area contributed by atoms with Crippen molar-refractivity contribution in [2.24, 2.45) is 0 Å². The van der Waals surface area contributed by atoms with Crippen molar-refractivity contribution in [3.8, 4) is 0 Å². The highest BCUT2D eigenvalue weighted by Gasteiger charge is 2.29. The van der Waals surface area contributed by atoms with Gasteiger partial charge in [0, 0.05) is 17.3 Å². The van der Waals surface area contributed by atoms with Gasteiger partial charge in [-0.1, -0.05) is 48.0 Å². The molecule has 6 heteroatoms. The van der Waals surface area contributed by atoms with Crippen LogP contribution in [0.4, 0.5) is 5.69 Å². The van der Waals surface area contributed by atoms with Gasteiger partial charge in [-0.2, -0.15) is 0 Å². The monoisotopic (exact) mass is 368 g/mol. The standard InChI is InChI=1S/C20H21ClN4O/c1-2-15-5-9-18(10-6-15)25-11-12-26-20(25)19-14-24(23-22-19)13-16-3-7-17(21)8-4-16/h3-10,14,20H,2,11-13H2,1H3. The van der Waals surface area contributed by atoms with Gasteiger partial charge in [0.25, 0.3) is 0 Å². The Bertz CT molecular complexity index is 860. The minimum atomic E-state index is -0.193. The molecule has 2 heterocycles. The number of hydrogen-bond donors (Lipinski definition) is 0. The van der Waals surface area contributed by atoms with Gasteiger partial charge in [0.15, 0.2) is 6.23 Å². The average Bonchev–Trinajstić information content (AvgIpc) is 3.33. The lowest BCUT2D eigenvalue weighted by atomic mass is 10.1. The first-order chi connectivity index (χ1) is 12.7. The van der Waals surface area contributed by atoms with Gasteiger partial charge in [-0.3, -0.25) is 0 Å². The van der Waals surface area contributed by atoms with Crippen LogP contribution >= 0.6 is 11.6 Å². The number of anilines is 1. The summed E-state index contributed by atoms with van der Waals surface area (Å²) in [5.74, 6) is 0. The topological polar surface area (TPSA) is 43.2 Å². The van der Waals surface area contributed by atoms with Gasteiger partial charge >= 0.3 is 0 Å². The maximum Gasteiger partial charge on any atom is 0.177 e. The molecule has 1 fully saturated rings. The highest BCUT2D eigenvalue weighted by Crippen LogP contribution is 2.31. The minimum absolute atomic E-state index is 0.193. The van der Waals surface area contributed by atoms with Crippen LogP contribution in [0.2, 0.25) is 5.02 Å². The van der Waals surface area contributed by atoms with Crippen LogP contribution in [-0.4, -0.2) is 28.1 Å². The number of hydrogen-bond acceptors (Lipinski definition) is 4. The van der Waals surface area contributed by atoms with E-state index in [1.54, 1.807) is 0 Å². The van der Waals surface area contributed by atoms with Crippen molar-refractivity contribution in [3.63, 3.8) is 0 Å². The van der Waals surface area contributed by atoms with E-state index in [4.69, 9.17) is 16.3 Å². The molecule has 1 aliphatic rings. The first-order valence-electron chi connectivity index (χ1n) is 8.84. The highest BCUT2D eigenvalue weighted by molar-refractivity contribution is 6.30. The molecule has 1 aliphatic heterocycles. The van der Waals surface area contributed by atoms with E-state index in [0.717, 1.165) is 34.9 Å². The summed E-state index contributed by atoms with van der Waals surface area (Å²) in [6, 6.07) is 16.4. The lowest BCUT2D eigenvalue weighted by Crippen LogP contribution is -2.23. The number of benzene rings is 2. The molecule has 26 heavy (non-hydrogen) atoms. The van der Waals surface area contributed by atoms with Gasteiger partial charge in [0.2, 0.25) is 0 Å². The van der Waals surface area contributed by atoms with Crippen LogP contribution in [0.1, 0.15) is 30.0 Å². The predicted molar refractivity (Wildman–Crippen MR) is 102 cm³/mol. The Morgan fingerprint density at radius 1 is 1.08 bits per heavy atom. The van der Waals surface area contributed by atoms with Crippen molar-refractivity contribution in [1.82, 2.24) is 15.0 Å². The lowest BCUT2D eigenvalue weighted by molar-refractivity contribution is 0.110.